The maximum Gasteiger partial charge on any atom is 0.330 e. The molecule has 0 saturated carbocycles. The predicted octanol–water partition coefficient (Wildman–Crippen LogP) is 0.726. The molecule has 1 unspecified atom stereocenters. The van der Waals surface area contributed by atoms with Gasteiger partial charge in [-0.1, -0.05) is 13.3 Å². The maximum absolute atomic E-state index is 12.1. The Bertz CT molecular complexity index is 723. The molecule has 0 radical (unpaired) electrons. The van der Waals surface area contributed by atoms with E-state index < -0.39 is 11.2 Å². The van der Waals surface area contributed by atoms with Crippen LogP contribution in [0.5, 0.6) is 0 Å². The average molecular weight is 279 g/mol. The Morgan fingerprint density at radius 1 is 1.30 bits per heavy atom. The van der Waals surface area contributed by atoms with Crippen LogP contribution in [0, 0.1) is 0 Å². The first-order chi connectivity index (χ1) is 9.51. The van der Waals surface area contributed by atoms with E-state index in [0.717, 1.165) is 12.8 Å². The minimum absolute atomic E-state index is 0.295. The highest BCUT2D eigenvalue weighted by molar-refractivity contribution is 5.71. The second-order valence-corrected chi connectivity index (χ2v) is 4.94. The van der Waals surface area contributed by atoms with Crippen LogP contribution in [0.4, 0.5) is 0 Å². The van der Waals surface area contributed by atoms with Crippen molar-refractivity contribution in [1.82, 2.24) is 19.1 Å². The Kier molecular flexibility index (Phi) is 4.08. The van der Waals surface area contributed by atoms with Gasteiger partial charge in [0.25, 0.3) is 5.56 Å². The summed E-state index contributed by atoms with van der Waals surface area (Å²) in [6.45, 7) is 6.92. The molecule has 7 heteroatoms. The average Bonchev–Trinajstić information content (AvgIpc) is 2.78. The molecule has 3 N–H and O–H groups in total. The molecule has 0 fully saturated rings. The lowest BCUT2D eigenvalue weighted by molar-refractivity contribution is 0.612. The number of aromatic amines is 1. The first kappa shape index (κ1) is 14.5. The first-order valence-corrected chi connectivity index (χ1v) is 7.00. The Balaban J connectivity index is 2.82. The normalized spacial score (nSPS) is 13.0. The smallest absolute Gasteiger partial charge is 0.322 e. The molecule has 0 aromatic carbocycles. The molecule has 110 valence electrons. The van der Waals surface area contributed by atoms with Gasteiger partial charge in [-0.15, -0.1) is 0 Å². The lowest BCUT2D eigenvalue weighted by atomic mass is 10.3. The van der Waals surface area contributed by atoms with Gasteiger partial charge in [0.2, 0.25) is 0 Å². The third-order valence-electron chi connectivity index (χ3n) is 3.37. The number of fused-ring (bicyclic) bond motifs is 1. The van der Waals surface area contributed by atoms with Gasteiger partial charge in [-0.05, 0) is 20.3 Å². The molecule has 1 atom stereocenters. The number of nitrogens with two attached hydrogens (primary N) is 1. The summed E-state index contributed by atoms with van der Waals surface area (Å²) in [6.07, 6.45) is 1.81. The van der Waals surface area contributed by atoms with Crippen LogP contribution in [0.3, 0.4) is 0 Å². The Hall–Kier alpha value is -1.89. The molecule has 0 aliphatic rings. The van der Waals surface area contributed by atoms with E-state index in [-0.39, 0.29) is 6.04 Å². The number of hydrogen-bond donors (Lipinski definition) is 2. The zero-order valence-electron chi connectivity index (χ0n) is 12.1. The molecule has 2 aromatic rings. The van der Waals surface area contributed by atoms with E-state index in [2.05, 4.69) is 9.97 Å². The van der Waals surface area contributed by atoms with Crippen LogP contribution < -0.4 is 17.0 Å². The second kappa shape index (κ2) is 5.62. The van der Waals surface area contributed by atoms with Crippen molar-refractivity contribution in [1.29, 1.82) is 0 Å². The third-order valence-corrected chi connectivity index (χ3v) is 3.37. The minimum atomic E-state index is -0.409. The summed E-state index contributed by atoms with van der Waals surface area (Å²) in [7, 11) is 0. The molecule has 0 spiro atoms. The predicted molar refractivity (Wildman–Crippen MR) is 77.8 cm³/mol. The van der Waals surface area contributed by atoms with Crippen molar-refractivity contribution in [2.24, 2.45) is 5.73 Å². The van der Waals surface area contributed by atoms with Gasteiger partial charge in [0.1, 0.15) is 5.82 Å². The fraction of sp³-hybridized carbons (Fsp3) is 0.615. The van der Waals surface area contributed by atoms with E-state index in [1.54, 1.807) is 4.57 Å². The number of rotatable bonds is 5. The summed E-state index contributed by atoms with van der Waals surface area (Å²) < 4.78 is 3.30. The lowest BCUT2D eigenvalue weighted by Crippen LogP contribution is -2.31. The van der Waals surface area contributed by atoms with Gasteiger partial charge in [-0.25, -0.2) is 9.78 Å². The van der Waals surface area contributed by atoms with E-state index >= 15 is 0 Å². The van der Waals surface area contributed by atoms with Gasteiger partial charge in [0.05, 0.1) is 6.04 Å². The highest BCUT2D eigenvalue weighted by atomic mass is 16.2. The Morgan fingerprint density at radius 3 is 2.55 bits per heavy atom. The highest BCUT2D eigenvalue weighted by Gasteiger charge is 2.19. The van der Waals surface area contributed by atoms with Crippen molar-refractivity contribution in [3.05, 3.63) is 26.7 Å². The molecule has 2 rings (SSSR count). The van der Waals surface area contributed by atoms with E-state index in [4.69, 9.17) is 5.73 Å². The van der Waals surface area contributed by atoms with Crippen molar-refractivity contribution < 1.29 is 0 Å². The van der Waals surface area contributed by atoms with Crippen molar-refractivity contribution in [3.8, 4) is 0 Å². The topological polar surface area (TPSA) is 98.7 Å². The molecule has 0 bridgehead atoms. The van der Waals surface area contributed by atoms with E-state index in [1.807, 2.05) is 20.8 Å². The summed E-state index contributed by atoms with van der Waals surface area (Å²) in [5.74, 6) is 0.629. The van der Waals surface area contributed by atoms with Crippen molar-refractivity contribution in [3.63, 3.8) is 0 Å². The van der Waals surface area contributed by atoms with E-state index in [0.29, 0.717) is 30.1 Å². The zero-order chi connectivity index (χ0) is 14.9. The summed E-state index contributed by atoms with van der Waals surface area (Å²) in [5, 5.41) is 0. The van der Waals surface area contributed by atoms with E-state index in [9.17, 15) is 9.59 Å². The van der Waals surface area contributed by atoms with Gasteiger partial charge in [-0.3, -0.25) is 14.3 Å². The zero-order valence-corrected chi connectivity index (χ0v) is 12.1. The van der Waals surface area contributed by atoms with Crippen molar-refractivity contribution in [2.75, 3.05) is 0 Å². The lowest BCUT2D eigenvalue weighted by Gasteiger charge is -2.07. The van der Waals surface area contributed by atoms with Crippen LogP contribution in [0.1, 0.15) is 45.5 Å². The largest absolute Gasteiger partial charge is 0.330 e. The number of H-pyrrole nitrogens is 1. The van der Waals surface area contributed by atoms with Crippen LogP contribution in [0.25, 0.3) is 11.2 Å². The number of nitrogens with one attached hydrogen (secondary N) is 1. The number of unbranched alkanes of at least 4 members (excludes halogenated alkanes) is 1. The fourth-order valence-corrected chi connectivity index (χ4v) is 2.38. The Labute approximate surface area is 116 Å². The SMILES string of the molecule is CCCCn1c(=O)[nH]c(=O)c2c1nc(C(C)N)n2CC. The standard InChI is InChI=1S/C13H21N5O2/c1-4-6-7-18-11-9(12(19)16-13(18)20)17(5-2)10(15-11)8(3)14/h8H,4-7,14H2,1-3H3,(H,16,19,20). The molecule has 7 nitrogen and oxygen atoms in total. The first-order valence-electron chi connectivity index (χ1n) is 7.00. The van der Waals surface area contributed by atoms with Crippen LogP contribution in [-0.2, 0) is 13.1 Å². The number of hydrogen-bond acceptors (Lipinski definition) is 4. The Morgan fingerprint density at radius 2 is 2.00 bits per heavy atom. The van der Waals surface area contributed by atoms with Crippen LogP contribution >= 0.6 is 0 Å². The van der Waals surface area contributed by atoms with Gasteiger partial charge in [-0.2, -0.15) is 0 Å². The molecular weight excluding hydrogens is 258 g/mol. The molecule has 2 heterocycles. The monoisotopic (exact) mass is 279 g/mol. The highest BCUT2D eigenvalue weighted by Crippen LogP contribution is 2.16. The molecule has 20 heavy (non-hydrogen) atoms. The molecule has 0 amide bonds. The van der Waals surface area contributed by atoms with Crippen LogP contribution in [-0.4, -0.2) is 19.1 Å². The van der Waals surface area contributed by atoms with Gasteiger partial charge >= 0.3 is 5.69 Å². The van der Waals surface area contributed by atoms with Crippen LogP contribution in [0.15, 0.2) is 9.59 Å². The molecule has 0 saturated heterocycles. The second-order valence-electron chi connectivity index (χ2n) is 4.94. The number of nitrogens with zero attached hydrogens (tertiary/aromatic N) is 3. The maximum atomic E-state index is 12.1. The fourth-order valence-electron chi connectivity index (χ4n) is 2.38. The molecular formula is C13H21N5O2. The summed E-state index contributed by atoms with van der Waals surface area (Å²) >= 11 is 0. The number of imidazole rings is 1. The molecule has 2 aromatic heterocycles. The summed E-state index contributed by atoms with van der Waals surface area (Å²) in [5.41, 5.74) is 5.95. The quantitative estimate of drug-likeness (QED) is 0.842. The van der Waals surface area contributed by atoms with Crippen molar-refractivity contribution >= 4 is 11.2 Å². The molecule has 0 aliphatic carbocycles. The number of aryl methyl sites for hydroxylation is 2. The van der Waals surface area contributed by atoms with Gasteiger partial charge in [0.15, 0.2) is 11.2 Å². The van der Waals surface area contributed by atoms with Crippen molar-refractivity contribution in [2.45, 2.75) is 52.7 Å². The number of aromatic nitrogens is 4. The summed E-state index contributed by atoms with van der Waals surface area (Å²) in [6, 6.07) is -0.295. The van der Waals surface area contributed by atoms with Crippen LogP contribution in [0.2, 0.25) is 0 Å². The third kappa shape index (κ3) is 2.29. The van der Waals surface area contributed by atoms with E-state index in [1.165, 1.54) is 4.57 Å². The summed E-state index contributed by atoms with van der Waals surface area (Å²) in [4.78, 5) is 30.8. The van der Waals surface area contributed by atoms with Gasteiger partial charge in [0, 0.05) is 13.1 Å². The molecule has 0 aliphatic heterocycles. The minimum Gasteiger partial charge on any atom is -0.322 e. The van der Waals surface area contributed by atoms with Gasteiger partial charge < -0.3 is 10.3 Å².